The Morgan fingerprint density at radius 1 is 0.941 bits per heavy atom. The van der Waals surface area contributed by atoms with Crippen LogP contribution >= 0.6 is 23.2 Å². The Balaban J connectivity index is 1.76. The summed E-state index contributed by atoms with van der Waals surface area (Å²) < 4.78 is 7.82. The topological polar surface area (TPSA) is 82.3 Å². The summed E-state index contributed by atoms with van der Waals surface area (Å²) in [6.45, 7) is 1.62. The minimum atomic E-state index is -0.819. The predicted octanol–water partition coefficient (Wildman–Crippen LogP) is 4.47. The summed E-state index contributed by atoms with van der Waals surface area (Å²) in [6.07, 6.45) is 0. The van der Waals surface area contributed by atoms with E-state index >= 15 is 0 Å². The molecule has 9 heteroatoms. The number of hydrogen-bond donors (Lipinski definition) is 1. The Labute approximate surface area is 205 Å². The van der Waals surface area contributed by atoms with Crippen molar-refractivity contribution in [1.29, 1.82) is 0 Å². The van der Waals surface area contributed by atoms with E-state index in [4.69, 9.17) is 27.9 Å². The first-order chi connectivity index (χ1) is 16.3. The maximum Gasteiger partial charge on any atom is 0.317 e. The molecule has 174 valence electrons. The highest BCUT2D eigenvalue weighted by Crippen LogP contribution is 2.31. The summed E-state index contributed by atoms with van der Waals surface area (Å²) in [5.41, 5.74) is 1.33. The molecule has 0 spiro atoms. The molecule has 7 nitrogen and oxygen atoms in total. The zero-order chi connectivity index (χ0) is 24.4. The smallest absolute Gasteiger partial charge is 0.317 e. The summed E-state index contributed by atoms with van der Waals surface area (Å²) in [4.78, 5) is 39.0. The van der Waals surface area contributed by atoms with Crippen molar-refractivity contribution < 1.29 is 9.53 Å². The normalized spacial score (nSPS) is 10.9. The summed E-state index contributed by atoms with van der Waals surface area (Å²) in [5.74, 6) is -0.133. The molecule has 34 heavy (non-hydrogen) atoms. The van der Waals surface area contributed by atoms with E-state index in [0.29, 0.717) is 32.5 Å². The number of carbonyl (C=O) groups excluding carboxylic acids is 1. The van der Waals surface area contributed by atoms with Gasteiger partial charge < -0.3 is 10.1 Å². The fraction of sp³-hybridized carbons (Fsp3) is 0.160. The van der Waals surface area contributed by atoms with E-state index in [9.17, 15) is 14.4 Å². The van der Waals surface area contributed by atoms with E-state index < -0.39 is 17.0 Å². The molecule has 1 aromatic heterocycles. The monoisotopic (exact) mass is 497 g/mol. The van der Waals surface area contributed by atoms with Gasteiger partial charge in [-0.15, -0.1) is 0 Å². The lowest BCUT2D eigenvalue weighted by Crippen LogP contribution is -2.43. The minimum Gasteiger partial charge on any atom is -0.495 e. The number of halogens is 2. The number of aryl methyl sites for hydroxylation is 1. The van der Waals surface area contributed by atoms with Gasteiger partial charge in [-0.1, -0.05) is 53.5 Å². The maximum atomic E-state index is 13.1. The lowest BCUT2D eigenvalue weighted by Gasteiger charge is -2.16. The first kappa shape index (κ1) is 23.6. The number of benzene rings is 3. The van der Waals surface area contributed by atoms with E-state index in [1.807, 2.05) is 30.3 Å². The van der Waals surface area contributed by atoms with E-state index in [0.717, 1.165) is 15.7 Å². The predicted molar refractivity (Wildman–Crippen MR) is 134 cm³/mol. The number of carbonyl (C=O) groups is 1. The van der Waals surface area contributed by atoms with Gasteiger partial charge in [0.2, 0.25) is 5.91 Å². The number of fused-ring (bicyclic) bond motifs is 1. The van der Waals surface area contributed by atoms with Crippen LogP contribution in [0, 0.1) is 6.92 Å². The summed E-state index contributed by atoms with van der Waals surface area (Å²) >= 11 is 12.3. The van der Waals surface area contributed by atoms with Crippen molar-refractivity contribution in [2.24, 2.45) is 0 Å². The molecule has 0 fully saturated rings. The molecule has 0 aliphatic carbocycles. The van der Waals surface area contributed by atoms with Crippen molar-refractivity contribution in [1.82, 2.24) is 9.13 Å². The second-order valence-electron chi connectivity index (χ2n) is 7.75. The first-order valence-electron chi connectivity index (χ1n) is 10.4. The van der Waals surface area contributed by atoms with Gasteiger partial charge in [0.25, 0.3) is 0 Å². The number of rotatable bonds is 6. The van der Waals surface area contributed by atoms with Crippen LogP contribution < -0.4 is 21.2 Å². The van der Waals surface area contributed by atoms with Gasteiger partial charge in [0, 0.05) is 16.1 Å². The van der Waals surface area contributed by atoms with Crippen LogP contribution in [0.2, 0.25) is 10.0 Å². The lowest BCUT2D eigenvalue weighted by molar-refractivity contribution is -0.116. The molecule has 4 aromatic rings. The maximum absolute atomic E-state index is 13.1. The van der Waals surface area contributed by atoms with Gasteiger partial charge in [-0.2, -0.15) is 0 Å². The molecule has 0 atom stereocenters. The quantitative estimate of drug-likeness (QED) is 0.398. The van der Waals surface area contributed by atoms with Crippen LogP contribution in [0.25, 0.3) is 11.0 Å². The van der Waals surface area contributed by atoms with Gasteiger partial charge >= 0.3 is 11.1 Å². The number of methoxy groups -OCH3 is 1. The van der Waals surface area contributed by atoms with Crippen LogP contribution in [0.4, 0.5) is 5.69 Å². The number of ether oxygens (including phenoxy) is 1. The molecule has 0 radical (unpaired) electrons. The third-order valence-electron chi connectivity index (χ3n) is 5.43. The van der Waals surface area contributed by atoms with Crippen LogP contribution in [0.3, 0.4) is 0 Å². The Hall–Kier alpha value is -3.55. The number of aromatic nitrogens is 2. The fourth-order valence-electron chi connectivity index (χ4n) is 3.73. The standard InChI is InChI=1S/C25H21Cl2N3O4/c1-15-10-19(22(34-2)12-18(15)27)28-23(31)14-30-21-11-17(26)8-9-20(21)29(24(32)25(30)33)13-16-6-4-3-5-7-16/h3-12H,13-14H2,1-2H3,(H,28,31). The van der Waals surface area contributed by atoms with E-state index in [1.54, 1.807) is 37.3 Å². The lowest BCUT2D eigenvalue weighted by atomic mass is 10.2. The molecule has 3 aromatic carbocycles. The van der Waals surface area contributed by atoms with Crippen molar-refractivity contribution in [3.8, 4) is 5.75 Å². The highest BCUT2D eigenvalue weighted by atomic mass is 35.5. The summed E-state index contributed by atoms with van der Waals surface area (Å²) in [6, 6.07) is 17.5. The highest BCUT2D eigenvalue weighted by molar-refractivity contribution is 6.31. The first-order valence-corrected chi connectivity index (χ1v) is 11.1. The molecule has 0 saturated carbocycles. The molecule has 4 rings (SSSR count). The van der Waals surface area contributed by atoms with Crippen LogP contribution in [0.1, 0.15) is 11.1 Å². The van der Waals surface area contributed by atoms with E-state index in [-0.39, 0.29) is 13.1 Å². The Kier molecular flexibility index (Phi) is 6.77. The van der Waals surface area contributed by atoms with E-state index in [1.165, 1.54) is 11.7 Å². The van der Waals surface area contributed by atoms with Crippen molar-refractivity contribution in [3.05, 3.63) is 103 Å². The summed E-state index contributed by atoms with van der Waals surface area (Å²) in [5, 5.41) is 3.60. The average molecular weight is 498 g/mol. The molecular formula is C25H21Cl2N3O4. The second kappa shape index (κ2) is 9.75. The van der Waals surface area contributed by atoms with Gasteiger partial charge in [0.1, 0.15) is 12.3 Å². The number of hydrogen-bond acceptors (Lipinski definition) is 4. The fourth-order valence-corrected chi connectivity index (χ4v) is 4.05. The van der Waals surface area contributed by atoms with Crippen molar-refractivity contribution >= 4 is 45.8 Å². The molecule has 1 heterocycles. The molecule has 0 saturated heterocycles. The zero-order valence-corrected chi connectivity index (χ0v) is 20.0. The Bertz CT molecular complexity index is 1510. The molecule has 0 unspecified atom stereocenters. The molecule has 0 aliphatic rings. The number of nitrogens with one attached hydrogen (secondary N) is 1. The summed E-state index contributed by atoms with van der Waals surface area (Å²) in [7, 11) is 1.46. The second-order valence-corrected chi connectivity index (χ2v) is 8.59. The van der Waals surface area contributed by atoms with Crippen LogP contribution in [-0.4, -0.2) is 22.2 Å². The third kappa shape index (κ3) is 4.71. The van der Waals surface area contributed by atoms with Crippen molar-refractivity contribution in [2.45, 2.75) is 20.0 Å². The minimum absolute atomic E-state index is 0.210. The third-order valence-corrected chi connectivity index (χ3v) is 6.07. The van der Waals surface area contributed by atoms with Gasteiger partial charge in [-0.3, -0.25) is 23.5 Å². The van der Waals surface area contributed by atoms with Crippen LogP contribution in [-0.2, 0) is 17.9 Å². The van der Waals surface area contributed by atoms with Crippen molar-refractivity contribution in [2.75, 3.05) is 12.4 Å². The van der Waals surface area contributed by atoms with E-state index in [2.05, 4.69) is 5.32 Å². The van der Waals surface area contributed by atoms with Gasteiger partial charge in [0.15, 0.2) is 0 Å². The molecule has 0 aliphatic heterocycles. The largest absolute Gasteiger partial charge is 0.495 e. The van der Waals surface area contributed by atoms with Crippen LogP contribution in [0.15, 0.2) is 70.3 Å². The van der Waals surface area contributed by atoms with Gasteiger partial charge in [0.05, 0.1) is 30.4 Å². The molecule has 1 amide bonds. The number of nitrogens with zero attached hydrogens (tertiary/aromatic N) is 2. The Morgan fingerprint density at radius 3 is 2.35 bits per heavy atom. The van der Waals surface area contributed by atoms with Crippen LogP contribution in [0.5, 0.6) is 5.75 Å². The number of amides is 1. The average Bonchev–Trinajstić information content (AvgIpc) is 2.82. The van der Waals surface area contributed by atoms with Gasteiger partial charge in [-0.05, 0) is 42.3 Å². The van der Waals surface area contributed by atoms with Crippen molar-refractivity contribution in [3.63, 3.8) is 0 Å². The number of anilines is 1. The highest BCUT2D eigenvalue weighted by Gasteiger charge is 2.17. The Morgan fingerprint density at radius 2 is 1.65 bits per heavy atom. The SMILES string of the molecule is COc1cc(Cl)c(C)cc1NC(=O)Cn1c(=O)c(=O)n(Cc2ccccc2)c2ccc(Cl)cc21. The van der Waals surface area contributed by atoms with Gasteiger partial charge in [-0.25, -0.2) is 0 Å². The molecular weight excluding hydrogens is 477 g/mol. The molecule has 1 N–H and O–H groups in total. The zero-order valence-electron chi connectivity index (χ0n) is 18.5. The molecule has 0 bridgehead atoms.